The van der Waals surface area contributed by atoms with E-state index in [1.54, 1.807) is 0 Å². The predicted molar refractivity (Wildman–Crippen MR) is 58.8 cm³/mol. The number of hydrogen-bond donors (Lipinski definition) is 2. The highest BCUT2D eigenvalue weighted by Gasteiger charge is 1.99. The largest absolute Gasteiger partial charge is 0.355 e. The smallest absolute Gasteiger partial charge is 0.233 e. The Morgan fingerprint density at radius 2 is 2.21 bits per heavy atom. The summed E-state index contributed by atoms with van der Waals surface area (Å²) >= 11 is 0. The molecule has 0 atom stereocenters. The maximum atomic E-state index is 11.1. The molecular formula is C11H20N2O. The summed E-state index contributed by atoms with van der Waals surface area (Å²) in [6.45, 7) is 5.87. The number of nitrogens with one attached hydrogen (secondary N) is 2. The number of carbonyl (C=O) groups excluding carboxylic acids is 1. The van der Waals surface area contributed by atoms with E-state index in [2.05, 4.69) is 30.4 Å². The van der Waals surface area contributed by atoms with Crippen molar-refractivity contribution in [3.8, 4) is 12.3 Å². The van der Waals surface area contributed by atoms with Gasteiger partial charge in [-0.25, -0.2) is 0 Å². The van der Waals surface area contributed by atoms with Crippen molar-refractivity contribution in [2.24, 2.45) is 5.92 Å². The van der Waals surface area contributed by atoms with E-state index < -0.39 is 0 Å². The molecule has 0 rings (SSSR count). The third-order valence-corrected chi connectivity index (χ3v) is 1.79. The van der Waals surface area contributed by atoms with Gasteiger partial charge in [0.15, 0.2) is 0 Å². The molecule has 14 heavy (non-hydrogen) atoms. The lowest BCUT2D eigenvalue weighted by Gasteiger charge is -2.06. The monoisotopic (exact) mass is 196 g/mol. The molecule has 0 aromatic rings. The molecule has 0 spiro atoms. The van der Waals surface area contributed by atoms with Crippen LogP contribution in [0.15, 0.2) is 0 Å². The molecule has 2 N–H and O–H groups in total. The van der Waals surface area contributed by atoms with E-state index in [-0.39, 0.29) is 5.91 Å². The summed E-state index contributed by atoms with van der Waals surface area (Å²) < 4.78 is 0. The Morgan fingerprint density at radius 1 is 1.50 bits per heavy atom. The fourth-order valence-corrected chi connectivity index (χ4v) is 1.05. The molecule has 0 fully saturated rings. The highest BCUT2D eigenvalue weighted by Crippen LogP contribution is 2.01. The van der Waals surface area contributed by atoms with Gasteiger partial charge < -0.3 is 5.32 Å². The van der Waals surface area contributed by atoms with Gasteiger partial charge in [0.1, 0.15) is 0 Å². The van der Waals surface area contributed by atoms with Crippen LogP contribution >= 0.6 is 0 Å². The summed E-state index contributed by atoms with van der Waals surface area (Å²) in [5.41, 5.74) is 0. The zero-order valence-corrected chi connectivity index (χ0v) is 9.10. The first-order chi connectivity index (χ1) is 6.66. The Balaban J connectivity index is 3.23. The lowest BCUT2D eigenvalue weighted by atomic mass is 10.1. The minimum absolute atomic E-state index is 0.0176. The van der Waals surface area contributed by atoms with Crippen molar-refractivity contribution < 1.29 is 4.79 Å². The van der Waals surface area contributed by atoms with Crippen LogP contribution in [0.25, 0.3) is 0 Å². The van der Waals surface area contributed by atoms with E-state index in [4.69, 9.17) is 6.42 Å². The third-order valence-electron chi connectivity index (χ3n) is 1.79. The maximum Gasteiger partial charge on any atom is 0.233 e. The van der Waals surface area contributed by atoms with Crippen LogP contribution in [0.1, 0.15) is 26.7 Å². The summed E-state index contributed by atoms with van der Waals surface area (Å²) in [5, 5.41) is 5.66. The Kier molecular flexibility index (Phi) is 7.96. The predicted octanol–water partition coefficient (Wildman–Crippen LogP) is 0.762. The SMILES string of the molecule is C#CCNCC(=O)NCCCC(C)C. The van der Waals surface area contributed by atoms with Crippen molar-refractivity contribution in [3.05, 3.63) is 0 Å². The number of terminal acetylenes is 1. The minimum atomic E-state index is 0.0176. The van der Waals surface area contributed by atoms with E-state index in [9.17, 15) is 4.79 Å². The fraction of sp³-hybridized carbons (Fsp3) is 0.727. The van der Waals surface area contributed by atoms with E-state index >= 15 is 0 Å². The van der Waals surface area contributed by atoms with Crippen LogP contribution in [0.3, 0.4) is 0 Å². The van der Waals surface area contributed by atoms with Gasteiger partial charge in [0.25, 0.3) is 0 Å². The van der Waals surface area contributed by atoms with Gasteiger partial charge in [0.05, 0.1) is 13.1 Å². The van der Waals surface area contributed by atoms with Crippen LogP contribution < -0.4 is 10.6 Å². The molecule has 0 saturated carbocycles. The fourth-order valence-electron chi connectivity index (χ4n) is 1.05. The number of rotatable bonds is 7. The topological polar surface area (TPSA) is 41.1 Å². The van der Waals surface area contributed by atoms with Crippen molar-refractivity contribution in [2.75, 3.05) is 19.6 Å². The van der Waals surface area contributed by atoms with Crippen LogP contribution in [-0.4, -0.2) is 25.5 Å². The Morgan fingerprint density at radius 3 is 2.79 bits per heavy atom. The van der Waals surface area contributed by atoms with Gasteiger partial charge >= 0.3 is 0 Å². The van der Waals surface area contributed by atoms with E-state index in [1.165, 1.54) is 0 Å². The van der Waals surface area contributed by atoms with E-state index in [0.717, 1.165) is 19.4 Å². The first kappa shape index (κ1) is 13.0. The Hall–Kier alpha value is -1.01. The number of amides is 1. The highest BCUT2D eigenvalue weighted by molar-refractivity contribution is 5.77. The van der Waals surface area contributed by atoms with Crippen LogP contribution in [0.2, 0.25) is 0 Å². The second-order valence-electron chi connectivity index (χ2n) is 3.69. The summed E-state index contributed by atoms with van der Waals surface area (Å²) in [7, 11) is 0. The molecule has 0 saturated heterocycles. The lowest BCUT2D eigenvalue weighted by molar-refractivity contribution is -0.120. The molecule has 1 amide bonds. The minimum Gasteiger partial charge on any atom is -0.355 e. The normalized spacial score (nSPS) is 9.86. The molecule has 0 aliphatic rings. The number of hydrogen-bond acceptors (Lipinski definition) is 2. The maximum absolute atomic E-state index is 11.1. The summed E-state index contributed by atoms with van der Waals surface area (Å²) in [6.07, 6.45) is 7.22. The van der Waals surface area contributed by atoms with Gasteiger partial charge in [-0.05, 0) is 18.8 Å². The molecule has 0 aliphatic carbocycles. The standard InChI is InChI=1S/C11H20N2O/c1-4-7-12-9-11(14)13-8-5-6-10(2)3/h1,10,12H,5-9H2,2-3H3,(H,13,14). The van der Waals surface area contributed by atoms with Gasteiger partial charge in [-0.3, -0.25) is 10.1 Å². The molecule has 0 aliphatic heterocycles. The Bertz CT molecular complexity index is 194. The molecule has 0 aromatic heterocycles. The van der Waals surface area contributed by atoms with Gasteiger partial charge in [-0.2, -0.15) is 0 Å². The Labute approximate surface area is 86.6 Å². The zero-order valence-electron chi connectivity index (χ0n) is 9.10. The second kappa shape index (κ2) is 8.58. The third kappa shape index (κ3) is 9.08. The molecule has 0 unspecified atom stereocenters. The van der Waals surface area contributed by atoms with Crippen molar-refractivity contribution in [1.29, 1.82) is 0 Å². The summed E-state index contributed by atoms with van der Waals surface area (Å²) in [5.74, 6) is 3.13. The second-order valence-corrected chi connectivity index (χ2v) is 3.69. The van der Waals surface area contributed by atoms with Crippen molar-refractivity contribution in [2.45, 2.75) is 26.7 Å². The van der Waals surface area contributed by atoms with Gasteiger partial charge in [-0.15, -0.1) is 6.42 Å². The summed E-state index contributed by atoms with van der Waals surface area (Å²) in [6, 6.07) is 0. The number of carbonyl (C=O) groups is 1. The quantitative estimate of drug-likeness (QED) is 0.466. The first-order valence-electron chi connectivity index (χ1n) is 5.07. The van der Waals surface area contributed by atoms with Crippen LogP contribution in [-0.2, 0) is 4.79 Å². The van der Waals surface area contributed by atoms with Crippen LogP contribution in [0.4, 0.5) is 0 Å². The molecule has 0 bridgehead atoms. The molecule has 80 valence electrons. The van der Waals surface area contributed by atoms with Crippen LogP contribution in [0, 0.1) is 18.3 Å². The van der Waals surface area contributed by atoms with E-state index in [0.29, 0.717) is 19.0 Å². The molecule has 3 heteroatoms. The molecule has 0 heterocycles. The highest BCUT2D eigenvalue weighted by atomic mass is 16.1. The van der Waals surface area contributed by atoms with Crippen molar-refractivity contribution in [1.82, 2.24) is 10.6 Å². The van der Waals surface area contributed by atoms with E-state index in [1.807, 2.05) is 0 Å². The molecule has 3 nitrogen and oxygen atoms in total. The summed E-state index contributed by atoms with van der Waals surface area (Å²) in [4.78, 5) is 11.1. The van der Waals surface area contributed by atoms with Crippen molar-refractivity contribution in [3.63, 3.8) is 0 Å². The lowest BCUT2D eigenvalue weighted by Crippen LogP contribution is -2.34. The van der Waals surface area contributed by atoms with Gasteiger partial charge in [0, 0.05) is 6.54 Å². The van der Waals surface area contributed by atoms with Gasteiger partial charge in [0.2, 0.25) is 5.91 Å². The zero-order chi connectivity index (χ0) is 10.8. The van der Waals surface area contributed by atoms with Crippen molar-refractivity contribution >= 4 is 5.91 Å². The molecule has 0 aromatic carbocycles. The first-order valence-corrected chi connectivity index (χ1v) is 5.07. The molecule has 0 radical (unpaired) electrons. The molecular weight excluding hydrogens is 176 g/mol. The average molecular weight is 196 g/mol. The van der Waals surface area contributed by atoms with Crippen LogP contribution in [0.5, 0.6) is 0 Å². The average Bonchev–Trinajstić information content (AvgIpc) is 2.13. The van der Waals surface area contributed by atoms with Gasteiger partial charge in [-0.1, -0.05) is 19.8 Å².